The second kappa shape index (κ2) is 10.3. The largest absolute Gasteiger partial charge is 0.454 e. The number of hydrogen-bond acceptors (Lipinski definition) is 5. The molecular formula is C21H25F3N4O3. The zero-order chi connectivity index (χ0) is 22.4. The standard InChI is InChI=1S/C21H25F3N4O3/c1-25-21(26-9-13-4-5-16(22)15(6-13)11-28(2)3)27-10-14-7-18-19(30-12-29-18)8-17(14)31-20(23)24/h4-8,20H,9-12H2,1-3H3,(H2,25,26,27). The fraction of sp³-hybridized carbons (Fsp3) is 0.381. The van der Waals surface area contributed by atoms with E-state index >= 15 is 0 Å². The Hall–Kier alpha value is -3.14. The van der Waals surface area contributed by atoms with Crippen LogP contribution in [0.5, 0.6) is 17.2 Å². The molecule has 3 rings (SSSR count). The summed E-state index contributed by atoms with van der Waals surface area (Å²) >= 11 is 0. The molecule has 1 heterocycles. The van der Waals surface area contributed by atoms with Crippen LogP contribution in [0.4, 0.5) is 13.2 Å². The third-order valence-electron chi connectivity index (χ3n) is 4.50. The molecule has 0 fully saturated rings. The van der Waals surface area contributed by atoms with Gasteiger partial charge in [-0.2, -0.15) is 8.78 Å². The molecule has 0 aromatic heterocycles. The SMILES string of the molecule is CN=C(NCc1ccc(F)c(CN(C)C)c1)NCc1cc2c(cc1OC(F)F)OCO2. The quantitative estimate of drug-likeness (QED) is 0.488. The van der Waals surface area contributed by atoms with Crippen LogP contribution in [-0.4, -0.2) is 45.4 Å². The number of ether oxygens (including phenoxy) is 3. The van der Waals surface area contributed by atoms with Gasteiger partial charge >= 0.3 is 6.61 Å². The summed E-state index contributed by atoms with van der Waals surface area (Å²) in [4.78, 5) is 6.03. The van der Waals surface area contributed by atoms with Gasteiger partial charge in [0.1, 0.15) is 11.6 Å². The Morgan fingerprint density at radius 2 is 1.81 bits per heavy atom. The van der Waals surface area contributed by atoms with Crippen molar-refractivity contribution in [2.45, 2.75) is 26.2 Å². The highest BCUT2D eigenvalue weighted by Gasteiger charge is 2.20. The van der Waals surface area contributed by atoms with Crippen LogP contribution < -0.4 is 24.8 Å². The highest BCUT2D eigenvalue weighted by Crippen LogP contribution is 2.38. The van der Waals surface area contributed by atoms with E-state index in [9.17, 15) is 13.2 Å². The molecular weight excluding hydrogens is 413 g/mol. The van der Waals surface area contributed by atoms with Gasteiger partial charge < -0.3 is 29.7 Å². The predicted molar refractivity (Wildman–Crippen MR) is 110 cm³/mol. The van der Waals surface area contributed by atoms with E-state index in [1.54, 1.807) is 25.2 Å². The number of hydrogen-bond donors (Lipinski definition) is 2. The Morgan fingerprint density at radius 3 is 2.48 bits per heavy atom. The number of nitrogens with zero attached hydrogens (tertiary/aromatic N) is 2. The molecule has 168 valence electrons. The first kappa shape index (κ1) is 22.5. The summed E-state index contributed by atoms with van der Waals surface area (Å²) in [5.41, 5.74) is 1.94. The Balaban J connectivity index is 1.64. The zero-order valence-electron chi connectivity index (χ0n) is 17.5. The molecule has 1 aliphatic heterocycles. The molecule has 2 aromatic carbocycles. The zero-order valence-corrected chi connectivity index (χ0v) is 17.5. The number of nitrogens with one attached hydrogen (secondary N) is 2. The van der Waals surface area contributed by atoms with Crippen LogP contribution in [0.3, 0.4) is 0 Å². The minimum Gasteiger partial charge on any atom is -0.454 e. The van der Waals surface area contributed by atoms with E-state index in [4.69, 9.17) is 9.47 Å². The van der Waals surface area contributed by atoms with Crippen LogP contribution in [0, 0.1) is 5.82 Å². The fourth-order valence-corrected chi connectivity index (χ4v) is 3.09. The highest BCUT2D eigenvalue weighted by molar-refractivity contribution is 5.79. The van der Waals surface area contributed by atoms with Gasteiger partial charge in [-0.05, 0) is 37.9 Å². The van der Waals surface area contributed by atoms with Crippen molar-refractivity contribution in [2.24, 2.45) is 4.99 Å². The van der Waals surface area contributed by atoms with Gasteiger partial charge in [0.2, 0.25) is 6.79 Å². The highest BCUT2D eigenvalue weighted by atomic mass is 19.3. The molecule has 0 unspecified atom stereocenters. The van der Waals surface area contributed by atoms with E-state index in [2.05, 4.69) is 20.4 Å². The Bertz CT molecular complexity index is 938. The summed E-state index contributed by atoms with van der Waals surface area (Å²) in [6, 6.07) is 7.90. The molecule has 2 aromatic rings. The Morgan fingerprint density at radius 1 is 1.10 bits per heavy atom. The number of rotatable bonds is 8. The topological polar surface area (TPSA) is 67.4 Å². The number of guanidine groups is 1. The van der Waals surface area contributed by atoms with Gasteiger partial charge in [-0.1, -0.05) is 6.07 Å². The number of halogens is 3. The van der Waals surface area contributed by atoms with Crippen LogP contribution in [0.15, 0.2) is 35.3 Å². The number of benzene rings is 2. The molecule has 7 nitrogen and oxygen atoms in total. The van der Waals surface area contributed by atoms with Crippen molar-refractivity contribution in [3.63, 3.8) is 0 Å². The minimum atomic E-state index is -2.97. The van der Waals surface area contributed by atoms with Gasteiger partial charge in [-0.25, -0.2) is 4.39 Å². The van der Waals surface area contributed by atoms with Crippen molar-refractivity contribution in [1.29, 1.82) is 0 Å². The number of alkyl halides is 2. The van der Waals surface area contributed by atoms with Crippen molar-refractivity contribution in [3.05, 3.63) is 52.8 Å². The lowest BCUT2D eigenvalue weighted by Gasteiger charge is -2.16. The minimum absolute atomic E-state index is 0.00550. The van der Waals surface area contributed by atoms with Gasteiger partial charge in [0.25, 0.3) is 0 Å². The van der Waals surface area contributed by atoms with E-state index in [1.807, 2.05) is 19.0 Å². The maximum absolute atomic E-state index is 14.0. The summed E-state index contributed by atoms with van der Waals surface area (Å²) in [5.74, 6) is 0.996. The molecule has 0 bridgehead atoms. The lowest BCUT2D eigenvalue weighted by Crippen LogP contribution is -2.36. The van der Waals surface area contributed by atoms with Gasteiger partial charge in [0.05, 0.1) is 0 Å². The normalized spacial score (nSPS) is 13.1. The molecule has 10 heteroatoms. The maximum Gasteiger partial charge on any atom is 0.387 e. The Labute approximate surface area is 178 Å². The fourth-order valence-electron chi connectivity index (χ4n) is 3.09. The monoisotopic (exact) mass is 438 g/mol. The van der Waals surface area contributed by atoms with Crippen LogP contribution >= 0.6 is 0 Å². The van der Waals surface area contributed by atoms with Crippen LogP contribution in [0.2, 0.25) is 0 Å². The Kier molecular flexibility index (Phi) is 7.45. The van der Waals surface area contributed by atoms with Gasteiger partial charge in [-0.3, -0.25) is 4.99 Å². The first-order chi connectivity index (χ1) is 14.9. The molecule has 0 amide bonds. The first-order valence-electron chi connectivity index (χ1n) is 9.59. The van der Waals surface area contributed by atoms with E-state index < -0.39 is 6.61 Å². The maximum atomic E-state index is 14.0. The third kappa shape index (κ3) is 6.17. The summed E-state index contributed by atoms with van der Waals surface area (Å²) < 4.78 is 54.7. The molecule has 0 saturated heterocycles. The molecule has 31 heavy (non-hydrogen) atoms. The predicted octanol–water partition coefficient (Wildman–Crippen LogP) is 3.08. The molecule has 2 N–H and O–H groups in total. The lowest BCUT2D eigenvalue weighted by atomic mass is 10.1. The van der Waals surface area contributed by atoms with Crippen molar-refractivity contribution < 1.29 is 27.4 Å². The summed E-state index contributed by atoms with van der Waals surface area (Å²) in [7, 11) is 5.34. The molecule has 0 spiro atoms. The van der Waals surface area contributed by atoms with E-state index in [1.165, 1.54) is 12.1 Å². The van der Waals surface area contributed by atoms with Gasteiger partial charge in [0, 0.05) is 43.9 Å². The molecule has 0 saturated carbocycles. The second-order valence-electron chi connectivity index (χ2n) is 7.13. The smallest absolute Gasteiger partial charge is 0.387 e. The van der Waals surface area contributed by atoms with Crippen LogP contribution in [0.1, 0.15) is 16.7 Å². The van der Waals surface area contributed by atoms with E-state index in [-0.39, 0.29) is 24.9 Å². The number of fused-ring (bicyclic) bond motifs is 1. The molecule has 0 aliphatic carbocycles. The number of aliphatic imine (C=N–C) groups is 1. The summed E-state index contributed by atoms with van der Waals surface area (Å²) in [6.45, 7) is -1.89. The summed E-state index contributed by atoms with van der Waals surface area (Å²) in [5, 5.41) is 6.18. The first-order valence-corrected chi connectivity index (χ1v) is 9.59. The van der Waals surface area contributed by atoms with Crippen molar-refractivity contribution >= 4 is 5.96 Å². The van der Waals surface area contributed by atoms with Crippen LogP contribution in [-0.2, 0) is 19.6 Å². The molecule has 0 radical (unpaired) electrons. The average Bonchev–Trinajstić information content (AvgIpc) is 3.16. The lowest BCUT2D eigenvalue weighted by molar-refractivity contribution is -0.0505. The third-order valence-corrected chi connectivity index (χ3v) is 4.50. The molecule has 1 aliphatic rings. The van der Waals surface area contributed by atoms with Gasteiger partial charge in [-0.15, -0.1) is 0 Å². The van der Waals surface area contributed by atoms with Crippen molar-refractivity contribution in [2.75, 3.05) is 27.9 Å². The van der Waals surface area contributed by atoms with E-state index in [0.29, 0.717) is 41.7 Å². The van der Waals surface area contributed by atoms with Crippen LogP contribution in [0.25, 0.3) is 0 Å². The van der Waals surface area contributed by atoms with Crippen molar-refractivity contribution in [3.8, 4) is 17.2 Å². The summed E-state index contributed by atoms with van der Waals surface area (Å²) in [6.07, 6.45) is 0. The molecule has 0 atom stereocenters. The average molecular weight is 438 g/mol. The second-order valence-corrected chi connectivity index (χ2v) is 7.13. The van der Waals surface area contributed by atoms with E-state index in [0.717, 1.165) is 5.56 Å². The van der Waals surface area contributed by atoms with Crippen molar-refractivity contribution in [1.82, 2.24) is 15.5 Å². The van der Waals surface area contributed by atoms with Gasteiger partial charge in [0.15, 0.2) is 17.5 Å².